The molecule has 1 amide bonds. The Morgan fingerprint density at radius 1 is 1.00 bits per heavy atom. The predicted molar refractivity (Wildman–Crippen MR) is 137 cm³/mol. The number of rotatable bonds is 8. The van der Waals surface area contributed by atoms with Crippen LogP contribution in [0.25, 0.3) is 0 Å². The summed E-state index contributed by atoms with van der Waals surface area (Å²) in [5, 5.41) is 0. The van der Waals surface area contributed by atoms with Crippen molar-refractivity contribution in [3.63, 3.8) is 0 Å². The van der Waals surface area contributed by atoms with Gasteiger partial charge in [0.25, 0.3) is 0 Å². The number of benzene rings is 3. The SMILES string of the molecule is COc1ccc(C)cc1S(=O)(=O)NC(Cc1ccccc1)C(=O)N1CCN(c2ccccc2F)CC1. The van der Waals surface area contributed by atoms with E-state index in [1.54, 1.807) is 42.2 Å². The molecule has 1 aliphatic rings. The number of ether oxygens (including phenoxy) is 1. The van der Waals surface area contributed by atoms with Gasteiger partial charge in [-0.1, -0.05) is 48.5 Å². The number of para-hydroxylation sites is 1. The van der Waals surface area contributed by atoms with E-state index in [1.807, 2.05) is 35.2 Å². The zero-order valence-corrected chi connectivity index (χ0v) is 21.2. The molecule has 9 heteroatoms. The summed E-state index contributed by atoms with van der Waals surface area (Å²) in [7, 11) is -2.66. The first-order valence-corrected chi connectivity index (χ1v) is 13.3. The third kappa shape index (κ3) is 5.85. The minimum absolute atomic E-state index is 0.0137. The number of piperazine rings is 1. The smallest absolute Gasteiger partial charge is 0.244 e. The van der Waals surface area contributed by atoms with Crippen LogP contribution in [-0.2, 0) is 21.2 Å². The monoisotopic (exact) mass is 511 g/mol. The number of carbonyl (C=O) groups is 1. The van der Waals surface area contributed by atoms with Gasteiger partial charge in [-0.15, -0.1) is 0 Å². The molecule has 3 aromatic carbocycles. The van der Waals surface area contributed by atoms with Crippen LogP contribution in [0.3, 0.4) is 0 Å². The van der Waals surface area contributed by atoms with Gasteiger partial charge >= 0.3 is 0 Å². The maximum absolute atomic E-state index is 14.2. The van der Waals surface area contributed by atoms with Crippen molar-refractivity contribution >= 4 is 21.6 Å². The highest BCUT2D eigenvalue weighted by molar-refractivity contribution is 7.89. The van der Waals surface area contributed by atoms with Gasteiger partial charge in [-0.25, -0.2) is 12.8 Å². The average Bonchev–Trinajstić information content (AvgIpc) is 2.89. The molecule has 1 saturated heterocycles. The highest BCUT2D eigenvalue weighted by Crippen LogP contribution is 2.26. The number of carbonyl (C=O) groups excluding carboxylic acids is 1. The summed E-state index contributed by atoms with van der Waals surface area (Å²) in [6.45, 7) is 3.40. The highest BCUT2D eigenvalue weighted by atomic mass is 32.2. The quantitative estimate of drug-likeness (QED) is 0.502. The largest absolute Gasteiger partial charge is 0.495 e. The summed E-state index contributed by atoms with van der Waals surface area (Å²) in [5.41, 5.74) is 2.09. The maximum Gasteiger partial charge on any atom is 0.244 e. The Labute approximate surface area is 211 Å². The van der Waals surface area contributed by atoms with E-state index in [0.717, 1.165) is 11.1 Å². The van der Waals surface area contributed by atoms with Crippen LogP contribution in [0, 0.1) is 12.7 Å². The molecular formula is C27H30FN3O4S. The number of nitrogens with one attached hydrogen (secondary N) is 1. The van der Waals surface area contributed by atoms with E-state index in [0.29, 0.717) is 31.9 Å². The Bertz CT molecular complexity index is 1310. The highest BCUT2D eigenvalue weighted by Gasteiger charge is 2.33. The van der Waals surface area contributed by atoms with Gasteiger partial charge in [0, 0.05) is 26.2 Å². The first-order valence-electron chi connectivity index (χ1n) is 11.8. The molecule has 1 heterocycles. The number of amides is 1. The molecule has 36 heavy (non-hydrogen) atoms. The number of aryl methyl sites for hydroxylation is 1. The van der Waals surface area contributed by atoms with Crippen LogP contribution in [0.2, 0.25) is 0 Å². The van der Waals surface area contributed by atoms with Crippen molar-refractivity contribution in [2.45, 2.75) is 24.3 Å². The van der Waals surface area contributed by atoms with Gasteiger partial charge in [0.05, 0.1) is 12.8 Å². The molecule has 1 unspecified atom stereocenters. The lowest BCUT2D eigenvalue weighted by Crippen LogP contribution is -2.55. The molecule has 1 fully saturated rings. The van der Waals surface area contributed by atoms with Crippen LogP contribution in [0.5, 0.6) is 5.75 Å². The third-order valence-corrected chi connectivity index (χ3v) is 7.76. The van der Waals surface area contributed by atoms with Crippen LogP contribution < -0.4 is 14.4 Å². The zero-order valence-electron chi connectivity index (χ0n) is 20.4. The van der Waals surface area contributed by atoms with Gasteiger partial charge in [-0.05, 0) is 48.7 Å². The van der Waals surface area contributed by atoms with Crippen molar-refractivity contribution in [2.24, 2.45) is 0 Å². The fourth-order valence-corrected chi connectivity index (χ4v) is 5.81. The minimum Gasteiger partial charge on any atom is -0.495 e. The molecule has 1 aliphatic heterocycles. The van der Waals surface area contributed by atoms with Crippen LogP contribution in [-0.4, -0.2) is 58.6 Å². The van der Waals surface area contributed by atoms with Gasteiger partial charge in [0.2, 0.25) is 15.9 Å². The molecule has 0 aliphatic carbocycles. The lowest BCUT2D eigenvalue weighted by Gasteiger charge is -2.37. The molecule has 4 rings (SSSR count). The van der Waals surface area contributed by atoms with Crippen LogP contribution in [0.1, 0.15) is 11.1 Å². The Morgan fingerprint density at radius 3 is 2.33 bits per heavy atom. The first kappa shape index (κ1) is 25.7. The molecular weight excluding hydrogens is 481 g/mol. The van der Waals surface area contributed by atoms with E-state index in [4.69, 9.17) is 4.74 Å². The van der Waals surface area contributed by atoms with Gasteiger partial charge in [-0.3, -0.25) is 4.79 Å². The molecule has 1 atom stereocenters. The number of anilines is 1. The molecule has 190 valence electrons. The summed E-state index contributed by atoms with van der Waals surface area (Å²) in [5.74, 6) is -0.418. The average molecular weight is 512 g/mol. The molecule has 1 N–H and O–H groups in total. The summed E-state index contributed by atoms with van der Waals surface area (Å²) >= 11 is 0. The number of hydrogen-bond acceptors (Lipinski definition) is 5. The summed E-state index contributed by atoms with van der Waals surface area (Å²) in [4.78, 5) is 17.1. The van der Waals surface area contributed by atoms with Crippen LogP contribution in [0.4, 0.5) is 10.1 Å². The number of halogens is 1. The minimum atomic E-state index is -4.07. The zero-order chi connectivity index (χ0) is 25.7. The van der Waals surface area contributed by atoms with E-state index in [1.165, 1.54) is 19.2 Å². The van der Waals surface area contributed by atoms with E-state index < -0.39 is 16.1 Å². The van der Waals surface area contributed by atoms with Crippen molar-refractivity contribution < 1.29 is 22.3 Å². The fraction of sp³-hybridized carbons (Fsp3) is 0.296. The molecule has 0 spiro atoms. The number of sulfonamides is 1. The summed E-state index contributed by atoms with van der Waals surface area (Å²) in [6.07, 6.45) is 0.195. The molecule has 0 radical (unpaired) electrons. The molecule has 0 bridgehead atoms. The normalized spacial score (nSPS) is 15.0. The van der Waals surface area contributed by atoms with Crippen molar-refractivity contribution in [3.05, 3.63) is 89.7 Å². The maximum atomic E-state index is 14.2. The van der Waals surface area contributed by atoms with Gasteiger partial charge < -0.3 is 14.5 Å². The Kier molecular flexibility index (Phi) is 7.91. The lowest BCUT2D eigenvalue weighted by atomic mass is 10.1. The number of hydrogen-bond donors (Lipinski definition) is 1. The van der Waals surface area contributed by atoms with E-state index in [2.05, 4.69) is 4.72 Å². The number of methoxy groups -OCH3 is 1. The van der Waals surface area contributed by atoms with Crippen LogP contribution >= 0.6 is 0 Å². The fourth-order valence-electron chi connectivity index (χ4n) is 4.37. The van der Waals surface area contributed by atoms with Gasteiger partial charge in [0.1, 0.15) is 22.5 Å². The second kappa shape index (κ2) is 11.1. The standard InChI is InChI=1S/C27H30FN3O4S/c1-20-12-13-25(35-2)26(18-20)36(33,34)29-23(19-21-8-4-3-5-9-21)27(32)31-16-14-30(15-17-31)24-11-7-6-10-22(24)28/h3-13,18,23,29H,14-17,19H2,1-2H3. The van der Waals surface area contributed by atoms with Crippen LogP contribution in [0.15, 0.2) is 77.7 Å². The summed E-state index contributed by atoms with van der Waals surface area (Å²) in [6, 6.07) is 19.7. The van der Waals surface area contributed by atoms with Gasteiger partial charge in [-0.2, -0.15) is 4.72 Å². The summed E-state index contributed by atoms with van der Waals surface area (Å²) < 4.78 is 49.0. The lowest BCUT2D eigenvalue weighted by molar-refractivity contribution is -0.133. The topological polar surface area (TPSA) is 78.9 Å². The van der Waals surface area contributed by atoms with E-state index in [9.17, 15) is 17.6 Å². The molecule has 7 nitrogen and oxygen atoms in total. The van der Waals surface area contributed by atoms with Gasteiger partial charge in [0.15, 0.2) is 0 Å². The van der Waals surface area contributed by atoms with Crippen molar-refractivity contribution in [2.75, 3.05) is 38.2 Å². The predicted octanol–water partition coefficient (Wildman–Crippen LogP) is 3.38. The second-order valence-corrected chi connectivity index (χ2v) is 10.5. The third-order valence-electron chi connectivity index (χ3n) is 6.27. The first-order chi connectivity index (χ1) is 17.3. The van der Waals surface area contributed by atoms with Crippen molar-refractivity contribution in [3.8, 4) is 5.75 Å². The van der Waals surface area contributed by atoms with Crippen molar-refractivity contribution in [1.82, 2.24) is 9.62 Å². The Morgan fingerprint density at radius 2 is 1.67 bits per heavy atom. The molecule has 3 aromatic rings. The Hall–Kier alpha value is -3.43. The van der Waals surface area contributed by atoms with E-state index in [-0.39, 0.29) is 28.8 Å². The molecule has 0 saturated carbocycles. The Balaban J connectivity index is 1.56. The van der Waals surface area contributed by atoms with E-state index >= 15 is 0 Å². The molecule has 0 aromatic heterocycles. The second-order valence-electron chi connectivity index (χ2n) is 8.78. The van der Waals surface area contributed by atoms with Crippen molar-refractivity contribution in [1.29, 1.82) is 0 Å². The number of nitrogens with zero attached hydrogens (tertiary/aromatic N) is 2.